The quantitative estimate of drug-likeness (QED) is 0.0706. The largest absolute Gasteiger partial charge is 0.488 e. The van der Waals surface area contributed by atoms with Gasteiger partial charge in [-0.2, -0.15) is 10.1 Å². The first-order valence-corrected chi connectivity index (χ1v) is 27.6. The number of nitrogens with zero attached hydrogens (tertiary/aromatic N) is 7. The number of hydrogen-bond donors (Lipinski definition) is 3. The number of nitrogens with one attached hydrogen (secondary N) is 3. The number of benzene rings is 4. The number of aromatic nitrogens is 4. The van der Waals surface area contributed by atoms with E-state index in [2.05, 4.69) is 68.8 Å². The third kappa shape index (κ3) is 10.3. The lowest BCUT2D eigenvalue weighted by Crippen LogP contribution is -2.53. The molecule has 0 bridgehead atoms. The fraction of sp³-hybridized carbons (Fsp3) is 0.404. The monoisotopic (exact) mass is 1030 g/mol. The van der Waals surface area contributed by atoms with E-state index in [1.165, 1.54) is 12.1 Å². The van der Waals surface area contributed by atoms with Crippen molar-refractivity contribution in [2.45, 2.75) is 69.4 Å². The van der Waals surface area contributed by atoms with Gasteiger partial charge in [0.2, 0.25) is 17.8 Å². The van der Waals surface area contributed by atoms with Crippen LogP contribution in [0.1, 0.15) is 62.0 Å². The van der Waals surface area contributed by atoms with Gasteiger partial charge in [0.15, 0.2) is 0 Å². The highest BCUT2D eigenvalue weighted by Gasteiger charge is 2.34. The number of hydrogen-bond acceptors (Lipinski definition) is 12. The Hall–Kier alpha value is -5.74. The summed E-state index contributed by atoms with van der Waals surface area (Å²) in [6.07, 6.45) is 11.5. The number of piperazine rings is 1. The zero-order valence-corrected chi connectivity index (χ0v) is 42.2. The van der Waals surface area contributed by atoms with Crippen LogP contribution < -0.4 is 30.9 Å². The van der Waals surface area contributed by atoms with Crippen LogP contribution >= 0.6 is 23.1 Å². The summed E-state index contributed by atoms with van der Waals surface area (Å²) < 4.78 is 53.4. The zero-order chi connectivity index (χ0) is 48.7. The summed E-state index contributed by atoms with van der Waals surface area (Å²) in [6, 6.07) is 19.4. The number of imide groups is 1. The van der Waals surface area contributed by atoms with Crippen LogP contribution in [0.15, 0.2) is 83.7 Å². The third-order valence-electron chi connectivity index (χ3n) is 14.3. The van der Waals surface area contributed by atoms with E-state index in [0.717, 1.165) is 121 Å². The molecule has 1 aliphatic carbocycles. The van der Waals surface area contributed by atoms with Crippen LogP contribution in [0.5, 0.6) is 5.75 Å². The summed E-state index contributed by atoms with van der Waals surface area (Å²) in [6.45, 7) is 9.55. The molecule has 2 amide bonds. The summed E-state index contributed by atoms with van der Waals surface area (Å²) in [4.78, 5) is 40.9. The third-order valence-corrected chi connectivity index (χ3v) is 16.5. The maximum Gasteiger partial charge on any atom is 0.234 e. The number of rotatable bonds is 14. The highest BCUT2D eigenvalue weighted by molar-refractivity contribution is 9.10. The summed E-state index contributed by atoms with van der Waals surface area (Å²) in [5, 5.41) is 16.5. The Morgan fingerprint density at radius 3 is 2.33 bits per heavy atom. The first-order valence-electron chi connectivity index (χ1n) is 24.2. The summed E-state index contributed by atoms with van der Waals surface area (Å²) in [7, 11) is -0.799. The lowest BCUT2D eigenvalue weighted by molar-refractivity contribution is -0.134. The Kier molecular flexibility index (Phi) is 13.8. The molecule has 5 heterocycles. The first-order chi connectivity index (χ1) is 33.7. The fourth-order valence-corrected chi connectivity index (χ4v) is 12.2. The van der Waals surface area contributed by atoms with Crippen molar-refractivity contribution in [3.8, 4) is 16.9 Å². The standard InChI is InChI=1S/C52H58BrF2N10O4P/c1-62-31-34(29-57-62)39-27-44(59-52-56-30-40(53)50(61-52)58-43-13-11-33-7-4-5-10-37(33)49(43)70(2,3)68)46(69-36-8-6-9-36)28-45(39)65-19-16-35(17-20-65)64-23-21-63(22-24-64)18-15-32-25-41(54)48(42(55)26-32)38-12-14-47(66)60-51(38)67/h4-5,7,10-11,13,25-31,35-36,38H,6,8-9,12,14-24H2,1-3H3,(H,60,66,67)(H2,56,58,59,61)/t38-/m0/s1. The van der Waals surface area contributed by atoms with Gasteiger partial charge in [0.1, 0.15) is 30.3 Å². The number of anilines is 5. The molecular weight excluding hydrogens is 978 g/mol. The van der Waals surface area contributed by atoms with Crippen molar-refractivity contribution in [2.24, 2.45) is 7.05 Å². The molecule has 366 valence electrons. The SMILES string of the molecule is Cn1cc(-c2cc(Nc3ncc(Br)c(Nc4ccc5ccccc5c4P(C)(C)=O)n3)c(OC3CCC3)cc2N2CCC(N3CCN(CCc4cc(F)c([C@@H]5CCC(=O)NC5=O)c(F)c4)CC3)CC2)cn1. The maximum absolute atomic E-state index is 15.2. The lowest BCUT2D eigenvalue weighted by atomic mass is 9.89. The van der Waals surface area contributed by atoms with Crippen molar-refractivity contribution in [1.82, 2.24) is 34.9 Å². The number of carbonyl (C=O) groups excluding carboxylic acids is 2. The van der Waals surface area contributed by atoms with Crippen molar-refractivity contribution in [2.75, 3.05) is 74.7 Å². The Balaban J connectivity index is 0.825. The topological polar surface area (TPSA) is 150 Å². The normalized spacial score (nSPS) is 18.8. The molecule has 1 saturated carbocycles. The molecule has 10 rings (SSSR count). The van der Waals surface area contributed by atoms with Crippen molar-refractivity contribution in [3.63, 3.8) is 0 Å². The van der Waals surface area contributed by atoms with Gasteiger partial charge in [-0.15, -0.1) is 0 Å². The molecule has 70 heavy (non-hydrogen) atoms. The van der Waals surface area contributed by atoms with E-state index in [-0.39, 0.29) is 24.5 Å². The number of aryl methyl sites for hydroxylation is 1. The van der Waals surface area contributed by atoms with E-state index < -0.39 is 36.5 Å². The van der Waals surface area contributed by atoms with Crippen LogP contribution in [-0.2, 0) is 27.6 Å². The number of halogens is 3. The smallest absolute Gasteiger partial charge is 0.234 e. The van der Waals surface area contributed by atoms with E-state index in [1.807, 2.05) is 60.5 Å². The molecule has 0 unspecified atom stereocenters. The molecule has 4 fully saturated rings. The first kappa shape index (κ1) is 47.9. The van der Waals surface area contributed by atoms with E-state index in [9.17, 15) is 14.2 Å². The van der Waals surface area contributed by atoms with E-state index in [4.69, 9.17) is 9.72 Å². The zero-order valence-electron chi connectivity index (χ0n) is 39.7. The van der Waals surface area contributed by atoms with Crippen LogP contribution in [0.25, 0.3) is 21.9 Å². The van der Waals surface area contributed by atoms with Crippen molar-refractivity contribution in [1.29, 1.82) is 0 Å². The van der Waals surface area contributed by atoms with Gasteiger partial charge in [-0.3, -0.25) is 24.5 Å². The average Bonchev–Trinajstić information content (AvgIpc) is 3.76. The van der Waals surface area contributed by atoms with Crippen molar-refractivity contribution >= 4 is 79.8 Å². The van der Waals surface area contributed by atoms with Crippen LogP contribution in [0.4, 0.5) is 37.6 Å². The number of ether oxygens (including phenoxy) is 1. The van der Waals surface area contributed by atoms with Gasteiger partial charge in [0.05, 0.1) is 34.1 Å². The minimum Gasteiger partial charge on any atom is -0.488 e. The van der Waals surface area contributed by atoms with E-state index in [1.54, 1.807) is 19.5 Å². The number of amides is 2. The molecule has 3 aliphatic heterocycles. The molecule has 0 spiro atoms. The van der Waals surface area contributed by atoms with Gasteiger partial charge in [0.25, 0.3) is 0 Å². The van der Waals surface area contributed by atoms with Crippen LogP contribution in [0.3, 0.4) is 0 Å². The molecule has 0 radical (unpaired) electrons. The Morgan fingerprint density at radius 1 is 0.886 bits per heavy atom. The van der Waals surface area contributed by atoms with Crippen molar-refractivity contribution < 1.29 is 27.7 Å². The predicted octanol–water partition coefficient (Wildman–Crippen LogP) is 9.09. The van der Waals surface area contributed by atoms with Gasteiger partial charge in [-0.05, 0) is 115 Å². The Morgan fingerprint density at radius 2 is 1.64 bits per heavy atom. The molecule has 3 N–H and O–H groups in total. The molecular formula is C52H58BrF2N10O4P. The van der Waals surface area contributed by atoms with Crippen LogP contribution in [0, 0.1) is 11.6 Å². The summed E-state index contributed by atoms with van der Waals surface area (Å²) in [5.41, 5.74) is 4.85. The van der Waals surface area contributed by atoms with Gasteiger partial charge < -0.3 is 29.7 Å². The number of carbonyl (C=O) groups is 2. The molecule has 6 aromatic rings. The molecule has 14 nitrogen and oxygen atoms in total. The minimum atomic E-state index is -2.72. The molecule has 1 atom stereocenters. The molecule has 4 aliphatic rings. The van der Waals surface area contributed by atoms with Crippen LogP contribution in [-0.4, -0.2) is 113 Å². The second-order valence-corrected chi connectivity index (χ2v) is 23.4. The van der Waals surface area contributed by atoms with Gasteiger partial charge in [-0.1, -0.05) is 30.3 Å². The van der Waals surface area contributed by atoms with Gasteiger partial charge in [-0.25, -0.2) is 13.8 Å². The average molecular weight is 1040 g/mol. The molecule has 18 heteroatoms. The highest BCUT2D eigenvalue weighted by atomic mass is 79.9. The molecule has 2 aromatic heterocycles. The second kappa shape index (κ2) is 20.2. The summed E-state index contributed by atoms with van der Waals surface area (Å²) in [5.74, 6) is -1.91. The van der Waals surface area contributed by atoms with Gasteiger partial charge >= 0.3 is 0 Å². The van der Waals surface area contributed by atoms with E-state index >= 15 is 8.78 Å². The lowest BCUT2D eigenvalue weighted by Gasteiger charge is -2.43. The maximum atomic E-state index is 15.2. The van der Waals surface area contributed by atoms with E-state index in [0.29, 0.717) is 40.8 Å². The van der Waals surface area contributed by atoms with Gasteiger partial charge in [0, 0.05) is 111 Å². The highest BCUT2D eigenvalue weighted by Crippen LogP contribution is 2.45. The number of piperidine rings is 2. The molecule has 3 saturated heterocycles. The van der Waals surface area contributed by atoms with Crippen LogP contribution in [0.2, 0.25) is 0 Å². The minimum absolute atomic E-state index is 0.0603. The second-order valence-electron chi connectivity index (χ2n) is 19.4. The molecule has 4 aromatic carbocycles. The predicted molar refractivity (Wildman–Crippen MR) is 275 cm³/mol. The number of fused-ring (bicyclic) bond motifs is 1. The Labute approximate surface area is 415 Å². The Bertz CT molecular complexity index is 2980. The summed E-state index contributed by atoms with van der Waals surface area (Å²) >= 11 is 3.66. The van der Waals surface area contributed by atoms with Crippen molar-refractivity contribution in [3.05, 3.63) is 106 Å². The fourth-order valence-electron chi connectivity index (χ4n) is 10.4.